The van der Waals surface area contributed by atoms with Gasteiger partial charge in [-0.3, -0.25) is 4.79 Å². The second-order valence-corrected chi connectivity index (χ2v) is 5.44. The van der Waals surface area contributed by atoms with Gasteiger partial charge >= 0.3 is 0 Å². The van der Waals surface area contributed by atoms with Crippen LogP contribution in [0.1, 0.15) is 10.5 Å². The Balaban J connectivity index is 1.45. The molecule has 1 amide bonds. The van der Waals surface area contributed by atoms with Crippen molar-refractivity contribution in [3.8, 4) is 0 Å². The third-order valence-corrected chi connectivity index (χ3v) is 4.06. The van der Waals surface area contributed by atoms with Gasteiger partial charge in [0.1, 0.15) is 5.69 Å². The molecule has 4 aromatic rings. The van der Waals surface area contributed by atoms with Gasteiger partial charge in [-0.1, -0.05) is 12.1 Å². The first-order chi connectivity index (χ1) is 11.2. The molecule has 23 heavy (non-hydrogen) atoms. The monoisotopic (exact) mass is 308 g/mol. The van der Waals surface area contributed by atoms with Crippen LogP contribution in [0.25, 0.3) is 22.1 Å². The number of nitrogens with zero attached hydrogens (tertiary/aromatic N) is 3. The topological polar surface area (TPSA) is 65.0 Å². The zero-order chi connectivity index (χ0) is 15.8. The molecule has 0 spiro atoms. The van der Waals surface area contributed by atoms with Gasteiger partial charge in [-0.05, 0) is 12.1 Å². The maximum absolute atomic E-state index is 12.3. The molecule has 1 N–H and O–H groups in total. The maximum Gasteiger partial charge on any atom is 0.268 e. The lowest BCUT2D eigenvalue weighted by molar-refractivity contribution is 0.0944. The Hall–Kier alpha value is -3.02. The lowest BCUT2D eigenvalue weighted by atomic mass is 10.3. The number of rotatable bonds is 4. The van der Waals surface area contributed by atoms with E-state index in [1.54, 1.807) is 18.7 Å². The predicted molar refractivity (Wildman–Crippen MR) is 87.3 cm³/mol. The zero-order valence-electron chi connectivity index (χ0n) is 12.7. The lowest BCUT2D eigenvalue weighted by Gasteiger charge is -2.07. The quantitative estimate of drug-likeness (QED) is 0.630. The van der Waals surface area contributed by atoms with Crippen LogP contribution < -0.4 is 5.32 Å². The van der Waals surface area contributed by atoms with Crippen LogP contribution in [-0.4, -0.2) is 26.6 Å². The SMILES string of the molecule is Cn1c(C(=O)NCCn2cnc3ccccc32)cc2occc21. The lowest BCUT2D eigenvalue weighted by Crippen LogP contribution is -2.28. The highest BCUT2D eigenvalue weighted by molar-refractivity contribution is 5.97. The molecule has 0 radical (unpaired) electrons. The van der Waals surface area contributed by atoms with Gasteiger partial charge in [-0.25, -0.2) is 4.98 Å². The molecule has 0 aliphatic rings. The van der Waals surface area contributed by atoms with Crippen LogP contribution in [0.2, 0.25) is 0 Å². The van der Waals surface area contributed by atoms with E-state index in [4.69, 9.17) is 4.42 Å². The minimum absolute atomic E-state index is 0.108. The summed E-state index contributed by atoms with van der Waals surface area (Å²) in [5.41, 5.74) is 4.25. The molecule has 4 rings (SSSR count). The Bertz CT molecular complexity index is 992. The Kier molecular flexibility index (Phi) is 3.15. The van der Waals surface area contributed by atoms with E-state index in [0.29, 0.717) is 18.8 Å². The van der Waals surface area contributed by atoms with Crippen molar-refractivity contribution >= 4 is 28.0 Å². The number of carbonyl (C=O) groups excluding carboxylic acids is 1. The Morgan fingerprint density at radius 1 is 1.26 bits per heavy atom. The van der Waals surface area contributed by atoms with Gasteiger partial charge in [0.2, 0.25) is 0 Å². The number of nitrogens with one attached hydrogen (secondary N) is 1. The third kappa shape index (κ3) is 2.28. The van der Waals surface area contributed by atoms with Gasteiger partial charge in [-0.15, -0.1) is 0 Å². The number of amides is 1. The van der Waals surface area contributed by atoms with E-state index in [9.17, 15) is 4.79 Å². The fourth-order valence-corrected chi connectivity index (χ4v) is 2.84. The van der Waals surface area contributed by atoms with Gasteiger partial charge in [0.05, 0.1) is 29.1 Å². The summed E-state index contributed by atoms with van der Waals surface area (Å²) in [5.74, 6) is -0.108. The van der Waals surface area contributed by atoms with Crippen molar-refractivity contribution in [3.05, 3.63) is 54.7 Å². The number of hydrogen-bond donors (Lipinski definition) is 1. The minimum atomic E-state index is -0.108. The van der Waals surface area contributed by atoms with Crippen molar-refractivity contribution in [2.75, 3.05) is 6.54 Å². The molecule has 3 heterocycles. The number of imidazole rings is 1. The number of furan rings is 1. The number of para-hydroxylation sites is 2. The average Bonchev–Trinajstić information content (AvgIpc) is 3.24. The minimum Gasteiger partial charge on any atom is -0.463 e. The van der Waals surface area contributed by atoms with Crippen molar-refractivity contribution in [2.45, 2.75) is 6.54 Å². The predicted octanol–water partition coefficient (Wildman–Crippen LogP) is 2.55. The summed E-state index contributed by atoms with van der Waals surface area (Å²) < 4.78 is 9.20. The van der Waals surface area contributed by atoms with Crippen LogP contribution in [0.5, 0.6) is 0 Å². The number of aromatic nitrogens is 3. The molecule has 1 aromatic carbocycles. The number of carbonyl (C=O) groups is 1. The molecule has 0 saturated carbocycles. The maximum atomic E-state index is 12.3. The summed E-state index contributed by atoms with van der Waals surface area (Å²) in [4.78, 5) is 16.7. The van der Waals surface area contributed by atoms with Crippen LogP contribution in [0, 0.1) is 0 Å². The fourth-order valence-electron chi connectivity index (χ4n) is 2.84. The van der Waals surface area contributed by atoms with Gasteiger partial charge in [0.25, 0.3) is 5.91 Å². The second kappa shape index (κ2) is 5.31. The van der Waals surface area contributed by atoms with E-state index in [0.717, 1.165) is 22.1 Å². The largest absolute Gasteiger partial charge is 0.463 e. The molecule has 3 aromatic heterocycles. The molecule has 6 nitrogen and oxygen atoms in total. The molecule has 0 aliphatic heterocycles. The van der Waals surface area contributed by atoms with Crippen molar-refractivity contribution in [2.24, 2.45) is 7.05 Å². The first-order valence-corrected chi connectivity index (χ1v) is 7.45. The highest BCUT2D eigenvalue weighted by Gasteiger charge is 2.14. The van der Waals surface area contributed by atoms with Gasteiger partial charge < -0.3 is 18.9 Å². The van der Waals surface area contributed by atoms with Crippen molar-refractivity contribution in [3.63, 3.8) is 0 Å². The fraction of sp³-hybridized carbons (Fsp3) is 0.176. The average molecular weight is 308 g/mol. The molecule has 0 fully saturated rings. The molecular weight excluding hydrogens is 292 g/mol. The number of fused-ring (bicyclic) bond motifs is 2. The molecule has 0 bridgehead atoms. The molecule has 6 heteroatoms. The normalized spacial score (nSPS) is 11.3. The van der Waals surface area contributed by atoms with Crippen LogP contribution in [0.15, 0.2) is 53.4 Å². The van der Waals surface area contributed by atoms with E-state index in [-0.39, 0.29) is 5.91 Å². The van der Waals surface area contributed by atoms with Crippen LogP contribution in [-0.2, 0) is 13.6 Å². The number of aryl methyl sites for hydroxylation is 1. The van der Waals surface area contributed by atoms with Crippen LogP contribution >= 0.6 is 0 Å². The summed E-state index contributed by atoms with van der Waals surface area (Å²) in [6, 6.07) is 11.6. The Labute approximate surface area is 132 Å². The highest BCUT2D eigenvalue weighted by Crippen LogP contribution is 2.19. The summed E-state index contributed by atoms with van der Waals surface area (Å²) in [7, 11) is 1.86. The zero-order valence-corrected chi connectivity index (χ0v) is 12.7. The first-order valence-electron chi connectivity index (χ1n) is 7.45. The Morgan fingerprint density at radius 2 is 2.13 bits per heavy atom. The van der Waals surface area contributed by atoms with E-state index in [2.05, 4.69) is 10.3 Å². The van der Waals surface area contributed by atoms with Crippen molar-refractivity contribution in [1.82, 2.24) is 19.4 Å². The van der Waals surface area contributed by atoms with Gasteiger partial charge in [-0.2, -0.15) is 0 Å². The standard InChI is InChI=1S/C17H16N4O2/c1-20-14-6-9-23-16(14)10-15(20)17(22)18-7-8-21-11-19-12-4-2-3-5-13(12)21/h2-6,9-11H,7-8H2,1H3,(H,18,22). The van der Waals surface area contributed by atoms with E-state index >= 15 is 0 Å². The first kappa shape index (κ1) is 13.6. The van der Waals surface area contributed by atoms with E-state index in [1.165, 1.54) is 0 Å². The highest BCUT2D eigenvalue weighted by atomic mass is 16.3. The van der Waals surface area contributed by atoms with Gasteiger partial charge in [0, 0.05) is 32.3 Å². The molecule has 0 unspecified atom stereocenters. The summed E-state index contributed by atoms with van der Waals surface area (Å²) in [6.07, 6.45) is 3.42. The smallest absolute Gasteiger partial charge is 0.268 e. The van der Waals surface area contributed by atoms with E-state index < -0.39 is 0 Å². The molecule has 0 aliphatic carbocycles. The van der Waals surface area contributed by atoms with Crippen molar-refractivity contribution < 1.29 is 9.21 Å². The summed E-state index contributed by atoms with van der Waals surface area (Å²) in [6.45, 7) is 1.21. The van der Waals surface area contributed by atoms with Crippen LogP contribution in [0.4, 0.5) is 0 Å². The van der Waals surface area contributed by atoms with E-state index in [1.807, 2.05) is 46.5 Å². The molecular formula is C17H16N4O2. The van der Waals surface area contributed by atoms with Crippen molar-refractivity contribution in [1.29, 1.82) is 0 Å². The molecule has 0 saturated heterocycles. The summed E-state index contributed by atoms with van der Waals surface area (Å²) >= 11 is 0. The Morgan fingerprint density at radius 3 is 3.00 bits per heavy atom. The third-order valence-electron chi connectivity index (χ3n) is 4.06. The number of hydrogen-bond acceptors (Lipinski definition) is 3. The van der Waals surface area contributed by atoms with Gasteiger partial charge in [0.15, 0.2) is 5.58 Å². The second-order valence-electron chi connectivity index (χ2n) is 5.44. The van der Waals surface area contributed by atoms with Crippen LogP contribution in [0.3, 0.4) is 0 Å². The molecule has 0 atom stereocenters. The number of benzene rings is 1. The summed E-state index contributed by atoms with van der Waals surface area (Å²) in [5, 5.41) is 2.94. The molecule has 116 valence electrons.